The second kappa shape index (κ2) is 7.45. The van der Waals surface area contributed by atoms with Gasteiger partial charge < -0.3 is 10.4 Å². The molecule has 0 bridgehead atoms. The Kier molecular flexibility index (Phi) is 4.90. The zero-order chi connectivity index (χ0) is 17.6. The molecule has 25 heavy (non-hydrogen) atoms. The van der Waals surface area contributed by atoms with E-state index >= 15 is 0 Å². The van der Waals surface area contributed by atoms with Gasteiger partial charge in [-0.05, 0) is 40.1 Å². The summed E-state index contributed by atoms with van der Waals surface area (Å²) in [6.07, 6.45) is 2.88. The topological polar surface area (TPSA) is 66.4 Å². The number of fused-ring (bicyclic) bond motifs is 1. The van der Waals surface area contributed by atoms with Gasteiger partial charge in [0.2, 0.25) is 5.91 Å². The Hall–Kier alpha value is -3.40. The van der Waals surface area contributed by atoms with Crippen LogP contribution in [0.4, 0.5) is 5.69 Å². The fourth-order valence-electron chi connectivity index (χ4n) is 2.67. The molecule has 2 N–H and O–H groups in total. The molecule has 0 spiro atoms. The van der Waals surface area contributed by atoms with Crippen molar-refractivity contribution in [2.24, 2.45) is 0 Å². The van der Waals surface area contributed by atoms with Gasteiger partial charge in [-0.2, -0.15) is 0 Å². The predicted molar refractivity (Wildman–Crippen MR) is 99.4 cm³/mol. The zero-order valence-electron chi connectivity index (χ0n) is 13.5. The van der Waals surface area contributed by atoms with Crippen LogP contribution in [0.2, 0.25) is 0 Å². The van der Waals surface area contributed by atoms with Crippen LogP contribution >= 0.6 is 0 Å². The number of nitrogens with one attached hydrogen (secondary N) is 1. The van der Waals surface area contributed by atoms with Gasteiger partial charge in [0.15, 0.2) is 0 Å². The maximum absolute atomic E-state index is 12.3. The Labute approximate surface area is 145 Å². The molecular formula is C21H17NO3. The number of rotatable bonds is 5. The molecule has 124 valence electrons. The third-order valence-corrected chi connectivity index (χ3v) is 3.84. The molecule has 0 heterocycles. The number of aliphatic carboxylic acids is 1. The highest BCUT2D eigenvalue weighted by molar-refractivity contribution is 5.96. The van der Waals surface area contributed by atoms with Gasteiger partial charge in [0.05, 0.1) is 6.42 Å². The summed E-state index contributed by atoms with van der Waals surface area (Å²) in [6.45, 7) is 0. The van der Waals surface area contributed by atoms with Gasteiger partial charge in [0.1, 0.15) is 0 Å². The highest BCUT2D eigenvalue weighted by Crippen LogP contribution is 2.19. The predicted octanol–water partition coefficient (Wildman–Crippen LogP) is 4.12. The molecule has 0 saturated carbocycles. The summed E-state index contributed by atoms with van der Waals surface area (Å²) in [7, 11) is 0. The summed E-state index contributed by atoms with van der Waals surface area (Å²) < 4.78 is 0. The molecule has 3 aromatic rings. The lowest BCUT2D eigenvalue weighted by Crippen LogP contribution is -2.14. The van der Waals surface area contributed by atoms with Crippen molar-refractivity contribution in [1.29, 1.82) is 0 Å². The van der Waals surface area contributed by atoms with Crippen LogP contribution in [0.3, 0.4) is 0 Å². The SMILES string of the molecule is O=C(O)/C=C/c1ccc(NC(=O)Cc2cccc3ccccc23)cc1. The van der Waals surface area contributed by atoms with Crippen molar-refractivity contribution in [3.05, 3.63) is 83.9 Å². The molecule has 4 heteroatoms. The molecule has 0 aromatic heterocycles. The highest BCUT2D eigenvalue weighted by atomic mass is 16.4. The molecule has 0 radical (unpaired) electrons. The van der Waals surface area contributed by atoms with Gasteiger partial charge in [-0.1, -0.05) is 54.6 Å². The first-order chi connectivity index (χ1) is 12.1. The van der Waals surface area contributed by atoms with Crippen LogP contribution in [0, 0.1) is 0 Å². The molecule has 0 saturated heterocycles. The summed E-state index contributed by atoms with van der Waals surface area (Å²) >= 11 is 0. The van der Waals surface area contributed by atoms with Crippen LogP contribution in [-0.4, -0.2) is 17.0 Å². The van der Waals surface area contributed by atoms with Crippen molar-refractivity contribution in [3.63, 3.8) is 0 Å². The molecule has 1 amide bonds. The molecule has 3 aromatic carbocycles. The van der Waals surface area contributed by atoms with Crippen LogP contribution in [0.1, 0.15) is 11.1 Å². The minimum atomic E-state index is -0.993. The lowest BCUT2D eigenvalue weighted by atomic mass is 10.0. The van der Waals surface area contributed by atoms with Crippen LogP contribution in [0.5, 0.6) is 0 Å². The Morgan fingerprint density at radius 2 is 1.64 bits per heavy atom. The maximum Gasteiger partial charge on any atom is 0.328 e. The third kappa shape index (κ3) is 4.32. The smallest absolute Gasteiger partial charge is 0.328 e. The number of carbonyl (C=O) groups is 2. The van der Waals surface area contributed by atoms with Crippen LogP contribution in [0.25, 0.3) is 16.8 Å². The number of anilines is 1. The largest absolute Gasteiger partial charge is 0.478 e. The van der Waals surface area contributed by atoms with Crippen LogP contribution in [-0.2, 0) is 16.0 Å². The fourth-order valence-corrected chi connectivity index (χ4v) is 2.67. The third-order valence-electron chi connectivity index (χ3n) is 3.84. The summed E-state index contributed by atoms with van der Waals surface area (Å²) in [5.41, 5.74) is 2.42. The Balaban J connectivity index is 1.69. The van der Waals surface area contributed by atoms with Gasteiger partial charge in [0.25, 0.3) is 0 Å². The van der Waals surface area contributed by atoms with Gasteiger partial charge in [0, 0.05) is 11.8 Å². The van der Waals surface area contributed by atoms with E-state index in [1.54, 1.807) is 24.3 Å². The van der Waals surface area contributed by atoms with Crippen molar-refractivity contribution >= 4 is 34.4 Å². The van der Waals surface area contributed by atoms with E-state index in [0.29, 0.717) is 12.1 Å². The number of carboxylic acid groups (broad SMARTS) is 1. The van der Waals surface area contributed by atoms with Gasteiger partial charge in [-0.3, -0.25) is 4.79 Å². The average Bonchev–Trinajstić information content (AvgIpc) is 2.61. The number of hydrogen-bond donors (Lipinski definition) is 2. The van der Waals surface area contributed by atoms with Crippen molar-refractivity contribution in [1.82, 2.24) is 0 Å². The van der Waals surface area contributed by atoms with Crippen molar-refractivity contribution in [2.45, 2.75) is 6.42 Å². The van der Waals surface area contributed by atoms with E-state index in [2.05, 4.69) is 5.32 Å². The van der Waals surface area contributed by atoms with Gasteiger partial charge >= 0.3 is 5.97 Å². The summed E-state index contributed by atoms with van der Waals surface area (Å²) in [4.78, 5) is 22.8. The normalized spacial score (nSPS) is 10.9. The molecule has 0 fully saturated rings. The summed E-state index contributed by atoms with van der Waals surface area (Å²) in [5.74, 6) is -1.09. The quantitative estimate of drug-likeness (QED) is 0.691. The van der Waals surface area contributed by atoms with Gasteiger partial charge in [-0.25, -0.2) is 4.79 Å². The first kappa shape index (κ1) is 16.5. The van der Waals surface area contributed by atoms with Crippen LogP contribution < -0.4 is 5.32 Å². The lowest BCUT2D eigenvalue weighted by Gasteiger charge is -2.08. The zero-order valence-corrected chi connectivity index (χ0v) is 13.5. The summed E-state index contributed by atoms with van der Waals surface area (Å²) in [5, 5.41) is 13.7. The Morgan fingerprint density at radius 3 is 2.40 bits per heavy atom. The molecular weight excluding hydrogens is 314 g/mol. The van der Waals surface area contributed by atoms with E-state index in [-0.39, 0.29) is 5.91 Å². The first-order valence-corrected chi connectivity index (χ1v) is 7.89. The van der Waals surface area contributed by atoms with E-state index in [0.717, 1.165) is 28.0 Å². The number of carboxylic acids is 1. The summed E-state index contributed by atoms with van der Waals surface area (Å²) in [6, 6.07) is 20.9. The molecule has 4 nitrogen and oxygen atoms in total. The standard InChI is InChI=1S/C21H17NO3/c23-20(14-17-6-3-5-16-4-1-2-7-19(16)17)22-18-11-8-15(9-12-18)10-13-21(24)25/h1-13H,14H2,(H,22,23)(H,24,25)/b13-10+. The average molecular weight is 331 g/mol. The fraction of sp³-hybridized carbons (Fsp3) is 0.0476. The van der Waals surface area contributed by atoms with E-state index < -0.39 is 5.97 Å². The molecule has 0 unspecified atom stereocenters. The van der Waals surface area contributed by atoms with Crippen molar-refractivity contribution in [2.75, 3.05) is 5.32 Å². The molecule has 0 aliphatic heterocycles. The minimum absolute atomic E-state index is 0.0924. The van der Waals surface area contributed by atoms with E-state index in [9.17, 15) is 9.59 Å². The minimum Gasteiger partial charge on any atom is -0.478 e. The number of benzene rings is 3. The van der Waals surface area contributed by atoms with Crippen LogP contribution in [0.15, 0.2) is 72.8 Å². The van der Waals surface area contributed by atoms with Crippen molar-refractivity contribution < 1.29 is 14.7 Å². The van der Waals surface area contributed by atoms with E-state index in [1.807, 2.05) is 42.5 Å². The Morgan fingerprint density at radius 1 is 0.920 bits per heavy atom. The molecule has 0 aliphatic rings. The highest BCUT2D eigenvalue weighted by Gasteiger charge is 2.07. The van der Waals surface area contributed by atoms with E-state index in [4.69, 9.17) is 5.11 Å². The Bertz CT molecular complexity index is 938. The second-order valence-corrected chi connectivity index (χ2v) is 5.66. The van der Waals surface area contributed by atoms with E-state index in [1.165, 1.54) is 6.08 Å². The molecule has 0 atom stereocenters. The number of amides is 1. The number of hydrogen-bond acceptors (Lipinski definition) is 2. The molecule has 0 aliphatic carbocycles. The van der Waals surface area contributed by atoms with Crippen molar-refractivity contribution in [3.8, 4) is 0 Å². The lowest BCUT2D eigenvalue weighted by molar-refractivity contribution is -0.131. The second-order valence-electron chi connectivity index (χ2n) is 5.66. The van der Waals surface area contributed by atoms with Gasteiger partial charge in [-0.15, -0.1) is 0 Å². The maximum atomic E-state index is 12.3. The first-order valence-electron chi connectivity index (χ1n) is 7.89. The molecule has 3 rings (SSSR count). The monoisotopic (exact) mass is 331 g/mol. The number of carbonyl (C=O) groups excluding carboxylic acids is 1.